The molecule has 172 valence electrons. The van der Waals surface area contributed by atoms with Crippen LogP contribution in [0.1, 0.15) is 91.4 Å². The molecule has 4 heteroatoms. The van der Waals surface area contributed by atoms with E-state index in [1.165, 1.54) is 43.4 Å². The molecule has 7 atom stereocenters. The van der Waals surface area contributed by atoms with Gasteiger partial charge in [0.25, 0.3) is 0 Å². The number of ketones is 1. The summed E-state index contributed by atoms with van der Waals surface area (Å²) in [5.74, 6) is 3.64. The Morgan fingerprint density at radius 3 is 2.61 bits per heavy atom. The molecule has 5 aliphatic rings. The molecule has 3 nitrogen and oxygen atoms in total. The van der Waals surface area contributed by atoms with Crippen molar-refractivity contribution in [3.63, 3.8) is 0 Å². The Morgan fingerprint density at radius 1 is 1.06 bits per heavy atom. The van der Waals surface area contributed by atoms with E-state index in [4.69, 9.17) is 4.74 Å². The van der Waals surface area contributed by atoms with E-state index in [9.17, 15) is 9.59 Å². The molecule has 1 heterocycles. The van der Waals surface area contributed by atoms with Gasteiger partial charge in [0.05, 0.1) is 12.0 Å². The van der Waals surface area contributed by atoms with Gasteiger partial charge in [-0.3, -0.25) is 9.59 Å². The van der Waals surface area contributed by atoms with Gasteiger partial charge in [0.2, 0.25) is 0 Å². The van der Waals surface area contributed by atoms with Crippen LogP contribution in [0.25, 0.3) is 0 Å². The Bertz CT molecular complexity index is 789. The third-order valence-electron chi connectivity index (χ3n) is 10.6. The number of rotatable bonds is 5. The van der Waals surface area contributed by atoms with E-state index in [1.54, 1.807) is 0 Å². The third kappa shape index (κ3) is 3.13. The monoisotopic (exact) mass is 444 g/mol. The lowest BCUT2D eigenvalue weighted by Crippen LogP contribution is -2.56. The molecule has 1 aliphatic heterocycles. The zero-order chi connectivity index (χ0) is 21.9. The van der Waals surface area contributed by atoms with E-state index in [-0.39, 0.29) is 22.2 Å². The van der Waals surface area contributed by atoms with E-state index in [1.807, 2.05) is 6.08 Å². The standard InChI is InChI=1S/C27H40O3S/c1-4-5-6-15-31-22-17-18-16-19(28)7-10-25(18,2)20-8-11-26(3)21(23(20)22)9-12-27(26)13-14-30-24(27)29/h16,20-23H,4-15,17H2,1-3H3/t20-,21-,22+,23+,25-,26-,27+/m0/s1. The smallest absolute Gasteiger partial charge is 0.312 e. The van der Waals surface area contributed by atoms with Gasteiger partial charge in [0, 0.05) is 11.7 Å². The second-order valence-corrected chi connectivity index (χ2v) is 13.0. The zero-order valence-electron chi connectivity index (χ0n) is 19.7. The minimum absolute atomic E-state index is 0.0893. The molecule has 0 radical (unpaired) electrons. The highest BCUT2D eigenvalue weighted by Crippen LogP contribution is 2.72. The van der Waals surface area contributed by atoms with Crippen molar-refractivity contribution in [3.05, 3.63) is 11.6 Å². The Hall–Kier alpha value is -0.770. The van der Waals surface area contributed by atoms with Crippen molar-refractivity contribution >= 4 is 23.5 Å². The van der Waals surface area contributed by atoms with Crippen molar-refractivity contribution in [1.82, 2.24) is 0 Å². The first kappa shape index (κ1) is 22.0. The SMILES string of the molecule is CCCCCS[C@@H]1CC2=CC(=O)CC[C@]2(C)[C@H]2CC[C@@]3(C)[C@@H](CC[C@]34CCOC4=O)[C@H]12. The maximum absolute atomic E-state index is 13.0. The fourth-order valence-corrected chi connectivity index (χ4v) is 10.3. The third-order valence-corrected chi connectivity index (χ3v) is 12.0. The first-order valence-corrected chi connectivity index (χ1v) is 13.9. The van der Waals surface area contributed by atoms with Crippen LogP contribution in [0.5, 0.6) is 0 Å². The van der Waals surface area contributed by atoms with Gasteiger partial charge in [-0.25, -0.2) is 0 Å². The summed E-state index contributed by atoms with van der Waals surface area (Å²) >= 11 is 2.19. The Kier molecular flexibility index (Phi) is 5.63. The molecule has 0 N–H and O–H groups in total. The lowest BCUT2D eigenvalue weighted by Gasteiger charge is -2.61. The van der Waals surface area contributed by atoms with Crippen molar-refractivity contribution in [1.29, 1.82) is 0 Å². The normalized spacial score (nSPS) is 46.4. The lowest BCUT2D eigenvalue weighted by molar-refractivity contribution is -0.156. The number of unbranched alkanes of at least 4 members (excludes halogenated alkanes) is 2. The summed E-state index contributed by atoms with van der Waals surface area (Å²) in [5, 5.41) is 0.601. The molecular formula is C27H40O3S. The number of carbonyl (C=O) groups is 2. The minimum atomic E-state index is -0.223. The Labute approximate surface area is 192 Å². The molecule has 0 aromatic heterocycles. The number of fused-ring (bicyclic) bond motifs is 6. The molecule has 0 aromatic rings. The summed E-state index contributed by atoms with van der Waals surface area (Å²) in [7, 11) is 0. The second-order valence-electron chi connectivity index (χ2n) is 11.6. The van der Waals surface area contributed by atoms with Crippen molar-refractivity contribution < 1.29 is 14.3 Å². The van der Waals surface area contributed by atoms with Gasteiger partial charge < -0.3 is 4.74 Å². The summed E-state index contributed by atoms with van der Waals surface area (Å²) in [6.45, 7) is 7.82. The number of cyclic esters (lactones) is 1. The quantitative estimate of drug-likeness (QED) is 0.366. The van der Waals surface area contributed by atoms with Crippen molar-refractivity contribution in [3.8, 4) is 0 Å². The number of esters is 1. The van der Waals surface area contributed by atoms with Crippen LogP contribution < -0.4 is 0 Å². The molecule has 0 unspecified atom stereocenters. The van der Waals surface area contributed by atoms with Crippen LogP contribution in [0.15, 0.2) is 11.6 Å². The molecule has 3 saturated carbocycles. The summed E-state index contributed by atoms with van der Waals surface area (Å²) in [5.41, 5.74) is 1.51. The van der Waals surface area contributed by atoms with Gasteiger partial charge in [0.15, 0.2) is 5.78 Å². The highest BCUT2D eigenvalue weighted by molar-refractivity contribution is 7.99. The fraction of sp³-hybridized carbons (Fsp3) is 0.852. The highest BCUT2D eigenvalue weighted by atomic mass is 32.2. The molecular weight excluding hydrogens is 404 g/mol. The number of ether oxygens (including phenoxy) is 1. The lowest BCUT2D eigenvalue weighted by atomic mass is 9.45. The second kappa shape index (κ2) is 7.92. The maximum atomic E-state index is 13.0. The van der Waals surface area contributed by atoms with Crippen molar-refractivity contribution in [2.45, 2.75) is 96.7 Å². The first-order chi connectivity index (χ1) is 14.9. The molecule has 0 amide bonds. The number of thioether (sulfide) groups is 1. The van der Waals surface area contributed by atoms with Gasteiger partial charge in [-0.15, -0.1) is 0 Å². The molecule has 4 aliphatic carbocycles. The van der Waals surface area contributed by atoms with Gasteiger partial charge in [-0.05, 0) is 91.8 Å². The van der Waals surface area contributed by atoms with Crippen LogP contribution >= 0.6 is 11.8 Å². The van der Waals surface area contributed by atoms with Gasteiger partial charge in [-0.1, -0.05) is 39.2 Å². The Balaban J connectivity index is 1.49. The minimum Gasteiger partial charge on any atom is -0.465 e. The van der Waals surface area contributed by atoms with E-state index in [0.29, 0.717) is 35.4 Å². The number of allylic oxidation sites excluding steroid dienone is 1. The molecule has 1 saturated heterocycles. The Morgan fingerprint density at radius 2 is 1.87 bits per heavy atom. The van der Waals surface area contributed by atoms with Crippen LogP contribution in [0.3, 0.4) is 0 Å². The largest absolute Gasteiger partial charge is 0.465 e. The van der Waals surface area contributed by atoms with Crippen LogP contribution in [-0.2, 0) is 14.3 Å². The number of hydrogen-bond acceptors (Lipinski definition) is 4. The van der Waals surface area contributed by atoms with Crippen LogP contribution in [0, 0.1) is 34.0 Å². The maximum Gasteiger partial charge on any atom is 0.312 e. The molecule has 4 fully saturated rings. The van der Waals surface area contributed by atoms with Crippen molar-refractivity contribution in [2.75, 3.05) is 12.4 Å². The average Bonchev–Trinajstić information content (AvgIpc) is 3.27. The van der Waals surface area contributed by atoms with Crippen LogP contribution in [0.4, 0.5) is 0 Å². The number of carbonyl (C=O) groups excluding carboxylic acids is 2. The van der Waals surface area contributed by atoms with E-state index < -0.39 is 0 Å². The topological polar surface area (TPSA) is 43.4 Å². The zero-order valence-corrected chi connectivity index (χ0v) is 20.5. The van der Waals surface area contributed by atoms with Crippen molar-refractivity contribution in [2.24, 2.45) is 34.0 Å². The van der Waals surface area contributed by atoms with Gasteiger partial charge in [0.1, 0.15) is 0 Å². The molecule has 5 rings (SSSR count). The van der Waals surface area contributed by atoms with Gasteiger partial charge >= 0.3 is 5.97 Å². The highest BCUT2D eigenvalue weighted by Gasteiger charge is 2.69. The first-order valence-electron chi connectivity index (χ1n) is 12.9. The van der Waals surface area contributed by atoms with E-state index >= 15 is 0 Å². The van der Waals surface area contributed by atoms with E-state index in [2.05, 4.69) is 32.5 Å². The summed E-state index contributed by atoms with van der Waals surface area (Å²) in [6.07, 6.45) is 14.3. The van der Waals surface area contributed by atoms with Gasteiger partial charge in [-0.2, -0.15) is 11.8 Å². The van der Waals surface area contributed by atoms with Crippen LogP contribution in [-0.4, -0.2) is 29.4 Å². The predicted octanol–water partition coefficient (Wildman–Crippen LogP) is 6.35. The summed E-state index contributed by atoms with van der Waals surface area (Å²) < 4.78 is 5.59. The van der Waals surface area contributed by atoms with E-state index in [0.717, 1.165) is 38.5 Å². The summed E-state index contributed by atoms with van der Waals surface area (Å²) in [6, 6.07) is 0. The summed E-state index contributed by atoms with van der Waals surface area (Å²) in [4.78, 5) is 25.3. The van der Waals surface area contributed by atoms with Crippen LogP contribution in [0.2, 0.25) is 0 Å². The molecule has 31 heavy (non-hydrogen) atoms. The molecule has 0 aromatic carbocycles. The molecule has 1 spiro atoms. The number of hydrogen-bond donors (Lipinski definition) is 0. The molecule has 0 bridgehead atoms. The predicted molar refractivity (Wildman–Crippen MR) is 126 cm³/mol. The fourth-order valence-electron chi connectivity index (χ4n) is 8.70. The average molecular weight is 445 g/mol.